The molecule has 4 N–H and O–H groups in total. The van der Waals surface area contributed by atoms with Crippen molar-refractivity contribution >= 4 is 0 Å². The first-order valence-corrected chi connectivity index (χ1v) is 5.68. The van der Waals surface area contributed by atoms with Crippen molar-refractivity contribution in [3.63, 3.8) is 0 Å². The van der Waals surface area contributed by atoms with Crippen LogP contribution in [0.1, 0.15) is 53.4 Å². The zero-order valence-corrected chi connectivity index (χ0v) is 10.6. The van der Waals surface area contributed by atoms with E-state index in [2.05, 4.69) is 33.4 Å². The molecule has 0 heterocycles. The largest absolute Gasteiger partial charge is 0.333 e. The average molecular weight is 200 g/mol. The van der Waals surface area contributed by atoms with Crippen molar-refractivity contribution in [3.8, 4) is 0 Å². The Hall–Kier alpha value is -0.0800. The molecule has 0 aromatic rings. The van der Waals surface area contributed by atoms with Gasteiger partial charge in [-0.1, -0.05) is 13.8 Å². The second-order valence-corrected chi connectivity index (χ2v) is 5.76. The molecule has 0 atom stereocenters. The van der Waals surface area contributed by atoms with Gasteiger partial charge in [-0.3, -0.25) is 0 Å². The Balaban J connectivity index is 0.000000791. The number of hydrogen-bond donors (Lipinski definition) is 2. The third-order valence-corrected chi connectivity index (χ3v) is 3.39. The highest BCUT2D eigenvalue weighted by Crippen LogP contribution is 2.41. The van der Waals surface area contributed by atoms with E-state index in [1.54, 1.807) is 0 Å². The van der Waals surface area contributed by atoms with Gasteiger partial charge in [0.1, 0.15) is 0 Å². The lowest BCUT2D eigenvalue weighted by molar-refractivity contribution is 0.145. The standard InChI is InChI=1S/C11H23N.CH5N/c1-10(2)7-5-9(6-8-10)11(3,4)12;1-2/h9H,5-8,12H2,1-4H3;2H2,1H3. The molecule has 0 amide bonds. The van der Waals surface area contributed by atoms with E-state index in [1.165, 1.54) is 32.7 Å². The van der Waals surface area contributed by atoms with Crippen LogP contribution in [-0.2, 0) is 0 Å². The van der Waals surface area contributed by atoms with E-state index in [4.69, 9.17) is 5.73 Å². The summed E-state index contributed by atoms with van der Waals surface area (Å²) in [6.45, 7) is 9.06. The number of nitrogens with two attached hydrogens (primary N) is 2. The lowest BCUT2D eigenvalue weighted by atomic mass is 9.68. The number of rotatable bonds is 1. The second-order valence-electron chi connectivity index (χ2n) is 5.76. The molecule has 0 aliphatic heterocycles. The normalized spacial score (nSPS) is 22.5. The predicted molar refractivity (Wildman–Crippen MR) is 64.1 cm³/mol. The van der Waals surface area contributed by atoms with Gasteiger partial charge in [0.05, 0.1) is 0 Å². The highest BCUT2D eigenvalue weighted by atomic mass is 14.7. The van der Waals surface area contributed by atoms with Gasteiger partial charge in [-0.2, -0.15) is 0 Å². The first-order chi connectivity index (χ1) is 6.31. The minimum absolute atomic E-state index is 0.0382. The molecule has 0 saturated heterocycles. The van der Waals surface area contributed by atoms with E-state index in [0.717, 1.165) is 5.92 Å². The zero-order chi connectivity index (χ0) is 11.4. The van der Waals surface area contributed by atoms with Crippen LogP contribution < -0.4 is 11.5 Å². The molecule has 14 heavy (non-hydrogen) atoms. The molecule has 0 radical (unpaired) electrons. The fraction of sp³-hybridized carbons (Fsp3) is 1.00. The first kappa shape index (κ1) is 13.9. The lowest BCUT2D eigenvalue weighted by Crippen LogP contribution is -2.43. The van der Waals surface area contributed by atoms with E-state index < -0.39 is 0 Å². The summed E-state index contributed by atoms with van der Waals surface area (Å²) in [6, 6.07) is 0. The Kier molecular flexibility index (Phi) is 5.10. The van der Waals surface area contributed by atoms with Gasteiger partial charge in [-0.05, 0) is 57.9 Å². The molecule has 1 fully saturated rings. The van der Waals surface area contributed by atoms with Gasteiger partial charge in [0.2, 0.25) is 0 Å². The monoisotopic (exact) mass is 200 g/mol. The molecule has 1 rings (SSSR count). The molecule has 0 spiro atoms. The van der Waals surface area contributed by atoms with Crippen LogP contribution >= 0.6 is 0 Å². The van der Waals surface area contributed by atoms with Crippen LogP contribution in [-0.4, -0.2) is 12.6 Å². The third-order valence-electron chi connectivity index (χ3n) is 3.39. The van der Waals surface area contributed by atoms with Crippen LogP contribution in [0.5, 0.6) is 0 Å². The van der Waals surface area contributed by atoms with Crippen molar-refractivity contribution in [2.75, 3.05) is 7.05 Å². The molecule has 2 nitrogen and oxygen atoms in total. The van der Waals surface area contributed by atoms with Crippen LogP contribution in [0.25, 0.3) is 0 Å². The van der Waals surface area contributed by atoms with Crippen LogP contribution in [0.4, 0.5) is 0 Å². The highest BCUT2D eigenvalue weighted by molar-refractivity contribution is 4.88. The molecule has 0 bridgehead atoms. The van der Waals surface area contributed by atoms with E-state index >= 15 is 0 Å². The van der Waals surface area contributed by atoms with E-state index in [9.17, 15) is 0 Å². The van der Waals surface area contributed by atoms with Gasteiger partial charge in [-0.25, -0.2) is 0 Å². The molecular formula is C12H28N2. The van der Waals surface area contributed by atoms with E-state index in [0.29, 0.717) is 5.41 Å². The molecule has 0 aromatic carbocycles. The van der Waals surface area contributed by atoms with Crippen molar-refractivity contribution in [2.24, 2.45) is 22.8 Å². The zero-order valence-electron chi connectivity index (χ0n) is 10.6. The van der Waals surface area contributed by atoms with Crippen LogP contribution in [0, 0.1) is 11.3 Å². The first-order valence-electron chi connectivity index (χ1n) is 5.68. The highest BCUT2D eigenvalue weighted by Gasteiger charge is 2.33. The fourth-order valence-electron chi connectivity index (χ4n) is 2.14. The molecule has 86 valence electrons. The summed E-state index contributed by atoms with van der Waals surface area (Å²) in [5, 5.41) is 0. The summed E-state index contributed by atoms with van der Waals surface area (Å²) in [4.78, 5) is 0. The molecule has 1 saturated carbocycles. The Morgan fingerprint density at radius 3 is 1.71 bits per heavy atom. The Morgan fingerprint density at radius 1 is 1.07 bits per heavy atom. The van der Waals surface area contributed by atoms with Crippen molar-refractivity contribution in [2.45, 2.75) is 58.9 Å². The molecule has 1 aliphatic carbocycles. The quantitative estimate of drug-likeness (QED) is 0.683. The maximum absolute atomic E-state index is 6.10. The topological polar surface area (TPSA) is 52.0 Å². The lowest BCUT2D eigenvalue weighted by Gasteiger charge is -2.40. The SMILES string of the molecule is CC1(C)CCC(C(C)(C)N)CC1.CN. The maximum Gasteiger partial charge on any atom is 0.0125 e. The van der Waals surface area contributed by atoms with Crippen LogP contribution in [0.2, 0.25) is 0 Å². The van der Waals surface area contributed by atoms with E-state index in [-0.39, 0.29) is 5.54 Å². The van der Waals surface area contributed by atoms with Crippen LogP contribution in [0.3, 0.4) is 0 Å². The van der Waals surface area contributed by atoms with Crippen molar-refractivity contribution in [1.82, 2.24) is 0 Å². The van der Waals surface area contributed by atoms with Crippen LogP contribution in [0.15, 0.2) is 0 Å². The summed E-state index contributed by atoms with van der Waals surface area (Å²) in [7, 11) is 1.50. The van der Waals surface area contributed by atoms with Crippen molar-refractivity contribution < 1.29 is 0 Å². The Labute approximate surface area is 89.4 Å². The minimum atomic E-state index is 0.0382. The average Bonchev–Trinajstić information content (AvgIpc) is 2.05. The van der Waals surface area contributed by atoms with Gasteiger partial charge in [-0.15, -0.1) is 0 Å². The molecule has 0 unspecified atom stereocenters. The van der Waals surface area contributed by atoms with Gasteiger partial charge >= 0.3 is 0 Å². The minimum Gasteiger partial charge on any atom is -0.333 e. The molecular weight excluding hydrogens is 172 g/mol. The van der Waals surface area contributed by atoms with Crippen molar-refractivity contribution in [3.05, 3.63) is 0 Å². The Morgan fingerprint density at radius 2 is 1.43 bits per heavy atom. The van der Waals surface area contributed by atoms with Gasteiger partial charge in [0.15, 0.2) is 0 Å². The maximum atomic E-state index is 6.10. The third kappa shape index (κ3) is 4.43. The molecule has 2 heteroatoms. The summed E-state index contributed by atoms with van der Waals surface area (Å²) in [6.07, 6.45) is 5.32. The molecule has 1 aliphatic rings. The summed E-state index contributed by atoms with van der Waals surface area (Å²) in [5.74, 6) is 0.741. The molecule has 0 aromatic heterocycles. The second kappa shape index (κ2) is 5.13. The number of hydrogen-bond acceptors (Lipinski definition) is 2. The van der Waals surface area contributed by atoms with Gasteiger partial charge in [0.25, 0.3) is 0 Å². The van der Waals surface area contributed by atoms with Gasteiger partial charge in [0, 0.05) is 5.54 Å². The van der Waals surface area contributed by atoms with Crippen molar-refractivity contribution in [1.29, 1.82) is 0 Å². The van der Waals surface area contributed by atoms with E-state index in [1.807, 2.05) is 0 Å². The predicted octanol–water partition coefficient (Wildman–Crippen LogP) is 2.52. The smallest absolute Gasteiger partial charge is 0.0125 e. The van der Waals surface area contributed by atoms with Gasteiger partial charge < -0.3 is 11.5 Å². The summed E-state index contributed by atoms with van der Waals surface area (Å²) >= 11 is 0. The fourth-order valence-corrected chi connectivity index (χ4v) is 2.14. The Bertz CT molecular complexity index is 146. The summed E-state index contributed by atoms with van der Waals surface area (Å²) < 4.78 is 0. The summed E-state index contributed by atoms with van der Waals surface area (Å²) in [5.41, 5.74) is 11.2.